The van der Waals surface area contributed by atoms with Gasteiger partial charge in [-0.25, -0.2) is 4.39 Å². The number of hydrogen-bond donors (Lipinski definition) is 0. The second kappa shape index (κ2) is 6.41. The highest BCUT2D eigenvalue weighted by Gasteiger charge is 2.08. The van der Waals surface area contributed by atoms with Gasteiger partial charge in [-0.05, 0) is 30.9 Å². The monoisotopic (exact) mass is 222 g/mol. The average Bonchev–Trinajstić information content (AvgIpc) is 2.23. The summed E-state index contributed by atoms with van der Waals surface area (Å²) in [6, 6.07) is 5.34. The van der Waals surface area contributed by atoms with E-state index in [0.29, 0.717) is 5.56 Å². The first-order valence-corrected chi connectivity index (χ1v) is 5.90. The summed E-state index contributed by atoms with van der Waals surface area (Å²) < 4.78 is 13.9. The summed E-state index contributed by atoms with van der Waals surface area (Å²) in [5.74, 6) is -0.182. The number of carbonyl (C=O) groups is 1. The quantitative estimate of drug-likeness (QED) is 0.671. The Balaban J connectivity index is 2.74. The van der Waals surface area contributed by atoms with Gasteiger partial charge in [-0.2, -0.15) is 0 Å². The van der Waals surface area contributed by atoms with Gasteiger partial charge in [0.2, 0.25) is 0 Å². The highest BCUT2D eigenvalue weighted by atomic mass is 19.1. The Morgan fingerprint density at radius 3 is 2.56 bits per heavy atom. The van der Waals surface area contributed by atoms with Gasteiger partial charge in [0.1, 0.15) is 11.6 Å². The van der Waals surface area contributed by atoms with Crippen molar-refractivity contribution in [3.05, 3.63) is 35.1 Å². The van der Waals surface area contributed by atoms with Crippen molar-refractivity contribution in [2.24, 2.45) is 0 Å². The summed E-state index contributed by atoms with van der Waals surface area (Å²) >= 11 is 0. The highest BCUT2D eigenvalue weighted by Crippen LogP contribution is 2.16. The van der Waals surface area contributed by atoms with Crippen LogP contribution >= 0.6 is 0 Å². The van der Waals surface area contributed by atoms with E-state index in [2.05, 4.69) is 6.92 Å². The van der Waals surface area contributed by atoms with Crippen molar-refractivity contribution in [2.75, 3.05) is 0 Å². The Morgan fingerprint density at radius 1 is 1.25 bits per heavy atom. The smallest absolute Gasteiger partial charge is 0.134 e. The van der Waals surface area contributed by atoms with Crippen molar-refractivity contribution in [3.63, 3.8) is 0 Å². The molecular weight excluding hydrogens is 203 g/mol. The van der Waals surface area contributed by atoms with Crippen LogP contribution in [0.5, 0.6) is 0 Å². The maximum atomic E-state index is 13.9. The molecule has 0 radical (unpaired) electrons. The molecule has 0 aliphatic rings. The van der Waals surface area contributed by atoms with Crippen LogP contribution in [0.4, 0.5) is 4.39 Å². The Bertz CT molecular complexity index is 358. The van der Waals surface area contributed by atoms with Crippen molar-refractivity contribution in [2.45, 2.75) is 46.0 Å². The van der Waals surface area contributed by atoms with Crippen molar-refractivity contribution in [1.29, 1.82) is 0 Å². The van der Waals surface area contributed by atoms with Gasteiger partial charge in [-0.1, -0.05) is 38.0 Å². The fourth-order valence-corrected chi connectivity index (χ4v) is 1.80. The fourth-order valence-electron chi connectivity index (χ4n) is 1.80. The number of ketones is 1. The van der Waals surface area contributed by atoms with Gasteiger partial charge in [0, 0.05) is 6.42 Å². The minimum absolute atomic E-state index is 0.00427. The number of unbranched alkanes of at least 4 members (excludes halogenated alkanes) is 2. The molecule has 0 aromatic heterocycles. The highest BCUT2D eigenvalue weighted by molar-refractivity contribution is 5.78. The van der Waals surface area contributed by atoms with Gasteiger partial charge in [0.15, 0.2) is 0 Å². The lowest BCUT2D eigenvalue weighted by molar-refractivity contribution is -0.116. The normalized spacial score (nSPS) is 10.4. The van der Waals surface area contributed by atoms with Gasteiger partial charge in [-0.15, -0.1) is 0 Å². The molecule has 0 fully saturated rings. The zero-order valence-electron chi connectivity index (χ0n) is 10.1. The van der Waals surface area contributed by atoms with E-state index < -0.39 is 0 Å². The first-order chi connectivity index (χ1) is 7.65. The predicted molar refractivity (Wildman–Crippen MR) is 64.0 cm³/mol. The van der Waals surface area contributed by atoms with E-state index in [9.17, 15) is 9.18 Å². The van der Waals surface area contributed by atoms with Crippen molar-refractivity contribution < 1.29 is 9.18 Å². The lowest BCUT2D eigenvalue weighted by Gasteiger charge is -2.06. The standard InChI is InChI=1S/C14H19FO/c1-3-4-5-7-12-8-6-9-13(14(12)15)10-11(2)16/h6,8-9H,3-5,7,10H2,1-2H3. The molecule has 88 valence electrons. The molecule has 0 aliphatic heterocycles. The van der Waals surface area contributed by atoms with Crippen LogP contribution in [0.2, 0.25) is 0 Å². The van der Waals surface area contributed by atoms with Crippen LogP contribution in [0.15, 0.2) is 18.2 Å². The Hall–Kier alpha value is -1.18. The molecular formula is C14H19FO. The largest absolute Gasteiger partial charge is 0.300 e. The van der Waals surface area contributed by atoms with Crippen LogP contribution in [-0.4, -0.2) is 5.78 Å². The Kier molecular flexibility index (Phi) is 5.17. The maximum absolute atomic E-state index is 13.9. The third-order valence-electron chi connectivity index (χ3n) is 2.65. The molecule has 0 bridgehead atoms. The van der Waals surface area contributed by atoms with E-state index in [1.165, 1.54) is 6.92 Å². The molecule has 0 spiro atoms. The molecule has 0 amide bonds. The summed E-state index contributed by atoms with van der Waals surface area (Å²) in [6.45, 7) is 3.62. The first kappa shape index (κ1) is 12.9. The lowest BCUT2D eigenvalue weighted by Crippen LogP contribution is -2.02. The van der Waals surface area contributed by atoms with Crippen molar-refractivity contribution in [3.8, 4) is 0 Å². The first-order valence-electron chi connectivity index (χ1n) is 5.90. The molecule has 0 unspecified atom stereocenters. The van der Waals surface area contributed by atoms with Gasteiger partial charge >= 0.3 is 0 Å². The van der Waals surface area contributed by atoms with Gasteiger partial charge in [0.05, 0.1) is 0 Å². The Morgan fingerprint density at radius 2 is 1.94 bits per heavy atom. The molecule has 0 atom stereocenters. The van der Waals surface area contributed by atoms with Crippen LogP contribution in [0.1, 0.15) is 44.2 Å². The zero-order valence-corrected chi connectivity index (χ0v) is 10.1. The number of halogens is 1. The summed E-state index contributed by atoms with van der Waals surface area (Å²) in [6.07, 6.45) is 4.24. The second-order valence-electron chi connectivity index (χ2n) is 4.23. The molecule has 0 saturated heterocycles. The molecule has 16 heavy (non-hydrogen) atoms. The number of Topliss-reactive ketones (excluding diaryl/α,β-unsaturated/α-hetero) is 1. The molecule has 1 nitrogen and oxygen atoms in total. The van der Waals surface area contributed by atoms with Crippen molar-refractivity contribution in [1.82, 2.24) is 0 Å². The Labute approximate surface area is 96.7 Å². The summed E-state index contributed by atoms with van der Waals surface area (Å²) in [4.78, 5) is 11.0. The molecule has 0 heterocycles. The third-order valence-corrected chi connectivity index (χ3v) is 2.65. The van der Waals surface area contributed by atoms with Crippen molar-refractivity contribution >= 4 is 5.78 Å². The van der Waals surface area contributed by atoms with E-state index in [-0.39, 0.29) is 18.0 Å². The molecule has 1 rings (SSSR count). The van der Waals surface area contributed by atoms with Crippen LogP contribution < -0.4 is 0 Å². The van der Waals surface area contributed by atoms with E-state index in [0.717, 1.165) is 31.2 Å². The molecule has 2 heteroatoms. The molecule has 1 aromatic rings. The van der Waals surface area contributed by atoms with Gasteiger partial charge < -0.3 is 0 Å². The zero-order chi connectivity index (χ0) is 12.0. The van der Waals surface area contributed by atoms with E-state index >= 15 is 0 Å². The van der Waals surface area contributed by atoms with Gasteiger partial charge in [-0.3, -0.25) is 4.79 Å². The number of carbonyl (C=O) groups excluding carboxylic acids is 1. The van der Waals surface area contributed by atoms with Crippen LogP contribution in [0.25, 0.3) is 0 Å². The number of hydrogen-bond acceptors (Lipinski definition) is 1. The van der Waals surface area contributed by atoms with E-state index in [1.54, 1.807) is 6.07 Å². The maximum Gasteiger partial charge on any atom is 0.134 e. The molecule has 0 aliphatic carbocycles. The summed E-state index contributed by atoms with van der Waals surface area (Å²) in [5.41, 5.74) is 1.27. The minimum Gasteiger partial charge on any atom is -0.300 e. The molecule has 1 aromatic carbocycles. The average molecular weight is 222 g/mol. The lowest BCUT2D eigenvalue weighted by atomic mass is 10.0. The second-order valence-corrected chi connectivity index (χ2v) is 4.23. The molecule has 0 N–H and O–H groups in total. The van der Waals surface area contributed by atoms with Crippen LogP contribution in [0, 0.1) is 5.82 Å². The third kappa shape index (κ3) is 3.76. The van der Waals surface area contributed by atoms with E-state index in [4.69, 9.17) is 0 Å². The summed E-state index contributed by atoms with van der Waals surface area (Å²) in [5, 5.41) is 0. The fraction of sp³-hybridized carbons (Fsp3) is 0.500. The number of aryl methyl sites for hydroxylation is 1. The number of benzene rings is 1. The summed E-state index contributed by atoms with van der Waals surface area (Å²) in [7, 11) is 0. The minimum atomic E-state index is -0.186. The number of rotatable bonds is 6. The van der Waals surface area contributed by atoms with Crippen LogP contribution in [-0.2, 0) is 17.6 Å². The SMILES string of the molecule is CCCCCc1cccc(CC(C)=O)c1F. The topological polar surface area (TPSA) is 17.1 Å². The molecule has 0 saturated carbocycles. The van der Waals surface area contributed by atoms with Gasteiger partial charge in [0.25, 0.3) is 0 Å². The van der Waals surface area contributed by atoms with E-state index in [1.807, 2.05) is 12.1 Å². The van der Waals surface area contributed by atoms with Crippen LogP contribution in [0.3, 0.4) is 0 Å². The predicted octanol–water partition coefficient (Wildman–Crippen LogP) is 3.69.